The third kappa shape index (κ3) is 4.22. The molecule has 0 saturated heterocycles. The summed E-state index contributed by atoms with van der Waals surface area (Å²) in [5, 5.41) is 6.33. The maximum absolute atomic E-state index is 13.3. The van der Waals surface area contributed by atoms with Crippen LogP contribution >= 0.6 is 0 Å². The lowest BCUT2D eigenvalue weighted by atomic mass is 10.1. The molecule has 0 aliphatic rings. The molecule has 7 nitrogen and oxygen atoms in total. The molecule has 0 radical (unpaired) electrons. The Bertz CT molecular complexity index is 1260. The summed E-state index contributed by atoms with van der Waals surface area (Å²) in [5.41, 5.74) is -4.85. The van der Waals surface area contributed by atoms with Crippen LogP contribution in [0.1, 0.15) is 38.4 Å². The van der Waals surface area contributed by atoms with Gasteiger partial charge in [0.05, 0.1) is 22.5 Å². The van der Waals surface area contributed by atoms with Crippen molar-refractivity contribution in [2.24, 2.45) is 0 Å². The Morgan fingerprint density at radius 3 is 2.19 bits per heavy atom. The first-order chi connectivity index (χ1) is 14.7. The van der Waals surface area contributed by atoms with Crippen LogP contribution in [0.3, 0.4) is 0 Å². The van der Waals surface area contributed by atoms with Crippen LogP contribution in [-0.4, -0.2) is 25.7 Å². The number of halogens is 6. The fourth-order valence-corrected chi connectivity index (χ4v) is 3.01. The number of H-pyrrole nitrogens is 1. The van der Waals surface area contributed by atoms with Crippen molar-refractivity contribution in [1.29, 1.82) is 0 Å². The van der Waals surface area contributed by atoms with Crippen molar-refractivity contribution in [2.75, 3.05) is 5.32 Å². The monoisotopic (exact) mass is 459 g/mol. The molecule has 3 aromatic rings. The molecule has 0 spiro atoms. The molecule has 0 aliphatic heterocycles. The van der Waals surface area contributed by atoms with Gasteiger partial charge in [0.15, 0.2) is 0 Å². The van der Waals surface area contributed by atoms with E-state index in [1.54, 1.807) is 0 Å². The van der Waals surface area contributed by atoms with Crippen molar-refractivity contribution >= 4 is 11.7 Å². The van der Waals surface area contributed by atoms with Gasteiger partial charge in [-0.15, -0.1) is 0 Å². The molecule has 1 amide bonds. The first kappa shape index (κ1) is 23.0. The molecule has 3 rings (SSSR count). The number of rotatable bonds is 3. The zero-order valence-corrected chi connectivity index (χ0v) is 16.7. The van der Waals surface area contributed by atoms with E-state index in [1.165, 1.54) is 19.9 Å². The molecule has 2 N–H and O–H groups in total. The molecule has 0 atom stereocenters. The summed E-state index contributed by atoms with van der Waals surface area (Å²) in [7, 11) is 0. The molecule has 0 bridgehead atoms. The van der Waals surface area contributed by atoms with Gasteiger partial charge in [-0.2, -0.15) is 36.1 Å². The molecule has 0 unspecified atom stereocenters. The third-order valence-corrected chi connectivity index (χ3v) is 4.64. The Kier molecular flexibility index (Phi) is 5.62. The molecule has 32 heavy (non-hydrogen) atoms. The van der Waals surface area contributed by atoms with E-state index in [0.29, 0.717) is 11.3 Å². The van der Waals surface area contributed by atoms with Gasteiger partial charge >= 0.3 is 12.4 Å². The van der Waals surface area contributed by atoms with Crippen molar-refractivity contribution in [3.05, 3.63) is 68.3 Å². The number of carbonyl (C=O) groups excluding carboxylic acids is 1. The lowest BCUT2D eigenvalue weighted by Gasteiger charge is -2.14. The first-order valence-electron chi connectivity index (χ1n) is 8.94. The van der Waals surface area contributed by atoms with E-state index < -0.39 is 52.2 Å². The largest absolute Gasteiger partial charge is 0.423 e. The van der Waals surface area contributed by atoms with Crippen LogP contribution in [0.15, 0.2) is 29.1 Å². The summed E-state index contributed by atoms with van der Waals surface area (Å²) in [6.07, 6.45) is -9.74. The molecule has 2 aromatic heterocycles. The van der Waals surface area contributed by atoms with E-state index in [-0.39, 0.29) is 5.82 Å². The maximum atomic E-state index is 13.3. The zero-order valence-electron chi connectivity index (χ0n) is 16.7. The van der Waals surface area contributed by atoms with Gasteiger partial charge in [0.1, 0.15) is 11.4 Å². The van der Waals surface area contributed by atoms with Crippen molar-refractivity contribution in [1.82, 2.24) is 19.7 Å². The van der Waals surface area contributed by atoms with Crippen LogP contribution < -0.4 is 10.9 Å². The molecular weight excluding hydrogens is 444 g/mol. The number of hydrogen-bond acceptors (Lipinski definition) is 4. The Labute approximate surface area is 176 Å². The van der Waals surface area contributed by atoms with Crippen molar-refractivity contribution in [3.63, 3.8) is 0 Å². The predicted molar refractivity (Wildman–Crippen MR) is 101 cm³/mol. The molecular formula is C19H15F6N5O2. The van der Waals surface area contributed by atoms with Gasteiger partial charge in [-0.05, 0) is 32.9 Å². The number of alkyl halides is 6. The number of benzene rings is 1. The highest BCUT2D eigenvalue weighted by atomic mass is 19.4. The average Bonchev–Trinajstić information content (AvgIpc) is 2.94. The van der Waals surface area contributed by atoms with Crippen LogP contribution in [0.4, 0.5) is 32.2 Å². The molecule has 13 heteroatoms. The summed E-state index contributed by atoms with van der Waals surface area (Å²) in [6, 6.07) is 4.09. The Morgan fingerprint density at radius 1 is 1.00 bits per heavy atom. The van der Waals surface area contributed by atoms with E-state index >= 15 is 0 Å². The summed E-state index contributed by atoms with van der Waals surface area (Å²) < 4.78 is 79.8. The number of nitrogens with one attached hydrogen (secondary N) is 2. The van der Waals surface area contributed by atoms with Crippen LogP contribution in [0.25, 0.3) is 5.95 Å². The minimum atomic E-state index is -4.95. The van der Waals surface area contributed by atoms with Crippen LogP contribution in [0, 0.1) is 20.8 Å². The number of aromatic amines is 1. The summed E-state index contributed by atoms with van der Waals surface area (Å²) in [6.45, 7) is 3.96. The Balaban J connectivity index is 2.10. The van der Waals surface area contributed by atoms with Gasteiger partial charge in [0.25, 0.3) is 11.5 Å². The van der Waals surface area contributed by atoms with Gasteiger partial charge in [0.2, 0.25) is 5.95 Å². The summed E-state index contributed by atoms with van der Waals surface area (Å²) in [5.74, 6) is -1.74. The van der Waals surface area contributed by atoms with Crippen molar-refractivity contribution in [3.8, 4) is 5.95 Å². The van der Waals surface area contributed by atoms with E-state index in [4.69, 9.17) is 0 Å². The predicted octanol–water partition coefficient (Wildman–Crippen LogP) is 4.17. The number of hydrogen-bond donors (Lipinski definition) is 2. The van der Waals surface area contributed by atoms with Crippen molar-refractivity contribution < 1.29 is 31.1 Å². The molecule has 2 heterocycles. The number of carbonyl (C=O) groups is 1. The van der Waals surface area contributed by atoms with Gasteiger partial charge in [-0.1, -0.05) is 12.1 Å². The van der Waals surface area contributed by atoms with Gasteiger partial charge < -0.3 is 5.32 Å². The molecule has 0 fully saturated rings. The highest BCUT2D eigenvalue weighted by molar-refractivity contribution is 6.05. The number of nitrogens with zero attached hydrogens (tertiary/aromatic N) is 3. The van der Waals surface area contributed by atoms with Gasteiger partial charge in [-0.25, -0.2) is 4.98 Å². The molecule has 0 saturated carbocycles. The highest BCUT2D eigenvalue weighted by Gasteiger charge is 2.38. The van der Waals surface area contributed by atoms with E-state index in [9.17, 15) is 35.9 Å². The topological polar surface area (TPSA) is 92.7 Å². The fourth-order valence-electron chi connectivity index (χ4n) is 3.01. The second-order valence-corrected chi connectivity index (χ2v) is 6.82. The smallest absolute Gasteiger partial charge is 0.306 e. The van der Waals surface area contributed by atoms with E-state index in [0.717, 1.165) is 29.8 Å². The van der Waals surface area contributed by atoms with Crippen LogP contribution in [0.5, 0.6) is 0 Å². The lowest BCUT2D eigenvalue weighted by Crippen LogP contribution is -2.27. The van der Waals surface area contributed by atoms with Crippen molar-refractivity contribution in [2.45, 2.75) is 33.1 Å². The number of anilines is 1. The number of amides is 1. The third-order valence-electron chi connectivity index (χ3n) is 4.64. The minimum Gasteiger partial charge on any atom is -0.306 e. The van der Waals surface area contributed by atoms with Gasteiger partial charge in [0, 0.05) is 5.56 Å². The second kappa shape index (κ2) is 7.80. The Hall–Kier alpha value is -3.64. The fraction of sp³-hybridized carbons (Fsp3) is 0.263. The van der Waals surface area contributed by atoms with Gasteiger partial charge in [-0.3, -0.25) is 14.6 Å². The molecule has 170 valence electrons. The molecule has 1 aromatic carbocycles. The standard InChI is InChI=1S/C19H15F6N5O2/c1-8-9(2)29-30(17-26-10(3)13(16(32)28-17)19(23,24)25)14(8)27-15(31)11-6-4-5-7-12(11)18(20,21)22/h4-7H,1-3H3,(H,27,31)(H,26,28,32). The van der Waals surface area contributed by atoms with Crippen LogP contribution in [0.2, 0.25) is 0 Å². The zero-order chi connectivity index (χ0) is 24.0. The lowest BCUT2D eigenvalue weighted by molar-refractivity contribution is -0.139. The number of aryl methyl sites for hydroxylation is 2. The normalized spacial score (nSPS) is 12.2. The van der Waals surface area contributed by atoms with Crippen LogP contribution in [-0.2, 0) is 12.4 Å². The van der Waals surface area contributed by atoms with E-state index in [1.807, 2.05) is 4.98 Å². The second-order valence-electron chi connectivity index (χ2n) is 6.82. The van der Waals surface area contributed by atoms with E-state index in [2.05, 4.69) is 15.4 Å². The highest BCUT2D eigenvalue weighted by Crippen LogP contribution is 2.33. The summed E-state index contributed by atoms with van der Waals surface area (Å²) >= 11 is 0. The Morgan fingerprint density at radius 2 is 1.62 bits per heavy atom. The first-order valence-corrected chi connectivity index (χ1v) is 8.94. The molecule has 0 aliphatic carbocycles. The summed E-state index contributed by atoms with van der Waals surface area (Å²) in [4.78, 5) is 30.3. The number of aromatic nitrogens is 4. The average molecular weight is 459 g/mol. The quantitative estimate of drug-likeness (QED) is 0.575. The SMILES string of the molecule is Cc1nn(-c2nc(C)c(C(F)(F)F)c(=O)[nH]2)c(NC(=O)c2ccccc2C(F)(F)F)c1C. The maximum Gasteiger partial charge on any atom is 0.423 e. The minimum absolute atomic E-state index is 0.160.